The van der Waals surface area contributed by atoms with Gasteiger partial charge in [0, 0.05) is 20.0 Å². The molecule has 0 bridgehead atoms. The van der Waals surface area contributed by atoms with E-state index in [0.717, 1.165) is 25.7 Å². The van der Waals surface area contributed by atoms with Crippen LogP contribution in [0.4, 0.5) is 0 Å². The van der Waals surface area contributed by atoms with Crippen LogP contribution >= 0.6 is 0 Å². The lowest BCUT2D eigenvalue weighted by Gasteiger charge is -2.02. The van der Waals surface area contributed by atoms with E-state index < -0.39 is 0 Å². The van der Waals surface area contributed by atoms with Gasteiger partial charge in [-0.25, -0.2) is 0 Å². The highest BCUT2D eigenvalue weighted by Gasteiger charge is 2.01. The maximum atomic E-state index is 11.0. The summed E-state index contributed by atoms with van der Waals surface area (Å²) < 4.78 is 9.32. The molecule has 0 aliphatic heterocycles. The van der Waals surface area contributed by atoms with Crippen molar-refractivity contribution in [3.63, 3.8) is 0 Å². The summed E-state index contributed by atoms with van der Waals surface area (Å²) in [6, 6.07) is 0. The van der Waals surface area contributed by atoms with Crippen LogP contribution in [0.25, 0.3) is 0 Å². The van der Waals surface area contributed by atoms with Gasteiger partial charge in [-0.05, 0) is 19.8 Å². The number of carbonyl (C=O) groups is 2. The third kappa shape index (κ3) is 11.0. The number of rotatable bonds is 9. The molecule has 0 aromatic heterocycles. The van der Waals surface area contributed by atoms with E-state index in [1.807, 2.05) is 0 Å². The summed E-state index contributed by atoms with van der Waals surface area (Å²) >= 11 is 0. The van der Waals surface area contributed by atoms with Crippen molar-refractivity contribution >= 4 is 11.8 Å². The lowest BCUT2D eigenvalue weighted by Crippen LogP contribution is -2.06. The van der Waals surface area contributed by atoms with Crippen molar-refractivity contribution < 1.29 is 19.1 Å². The lowest BCUT2D eigenvalue weighted by atomic mass is 10.1. The van der Waals surface area contributed by atoms with Crippen LogP contribution < -0.4 is 0 Å². The fourth-order valence-corrected chi connectivity index (χ4v) is 1.19. The largest absolute Gasteiger partial charge is 0.438 e. The lowest BCUT2D eigenvalue weighted by molar-refractivity contribution is -0.154. The van der Waals surface area contributed by atoms with E-state index in [-0.39, 0.29) is 18.5 Å². The first-order valence-electron chi connectivity index (χ1n) is 5.31. The van der Waals surface area contributed by atoms with E-state index in [1.165, 1.54) is 7.11 Å². The molecule has 0 N–H and O–H groups in total. The van der Waals surface area contributed by atoms with Gasteiger partial charge in [0.2, 0.25) is 0 Å². The number of hydrogen-bond donors (Lipinski definition) is 0. The Labute approximate surface area is 90.9 Å². The summed E-state index contributed by atoms with van der Waals surface area (Å²) in [7, 11) is 1.48. The molecule has 0 saturated heterocycles. The topological polar surface area (TPSA) is 52.6 Å². The van der Waals surface area contributed by atoms with Crippen LogP contribution in [-0.2, 0) is 19.1 Å². The SMILES string of the molecule is COCOC(=O)CCCCCCC(C)=O. The summed E-state index contributed by atoms with van der Waals surface area (Å²) in [5.41, 5.74) is 0. The smallest absolute Gasteiger partial charge is 0.307 e. The fraction of sp³-hybridized carbons (Fsp3) is 0.818. The number of esters is 1. The Morgan fingerprint density at radius 3 is 2.13 bits per heavy atom. The molecule has 0 atom stereocenters. The van der Waals surface area contributed by atoms with Crippen LogP contribution in [0.3, 0.4) is 0 Å². The molecule has 0 amide bonds. The molecule has 0 spiro atoms. The molecule has 0 aromatic carbocycles. The average Bonchev–Trinajstić information content (AvgIpc) is 2.19. The van der Waals surface area contributed by atoms with Crippen LogP contribution in [0, 0.1) is 0 Å². The molecule has 0 aromatic rings. The molecule has 0 rings (SSSR count). The van der Waals surface area contributed by atoms with Crippen molar-refractivity contribution in [3.05, 3.63) is 0 Å². The molecular weight excluding hydrogens is 196 g/mol. The Morgan fingerprint density at radius 1 is 1.00 bits per heavy atom. The van der Waals surface area contributed by atoms with Gasteiger partial charge in [-0.1, -0.05) is 12.8 Å². The molecule has 0 unspecified atom stereocenters. The number of unbranched alkanes of at least 4 members (excludes halogenated alkanes) is 3. The molecule has 0 heterocycles. The maximum Gasteiger partial charge on any atom is 0.307 e. The third-order valence-electron chi connectivity index (χ3n) is 2.00. The van der Waals surface area contributed by atoms with Gasteiger partial charge in [0.05, 0.1) is 0 Å². The summed E-state index contributed by atoms with van der Waals surface area (Å²) in [6.07, 6.45) is 4.78. The second-order valence-corrected chi connectivity index (χ2v) is 3.54. The second kappa shape index (κ2) is 9.65. The van der Waals surface area contributed by atoms with E-state index in [2.05, 4.69) is 4.74 Å². The van der Waals surface area contributed by atoms with Crippen molar-refractivity contribution in [1.29, 1.82) is 0 Å². The first kappa shape index (κ1) is 14.1. The molecule has 0 saturated carbocycles. The minimum atomic E-state index is -0.219. The zero-order valence-corrected chi connectivity index (χ0v) is 9.58. The molecule has 4 heteroatoms. The average molecular weight is 216 g/mol. The minimum Gasteiger partial charge on any atom is -0.438 e. The number of carbonyl (C=O) groups excluding carboxylic acids is 2. The predicted molar refractivity (Wildman–Crippen MR) is 56.4 cm³/mol. The Bertz CT molecular complexity index is 189. The van der Waals surface area contributed by atoms with E-state index in [1.54, 1.807) is 6.92 Å². The minimum absolute atomic E-state index is 0.0309. The van der Waals surface area contributed by atoms with Crippen LogP contribution in [0.15, 0.2) is 0 Å². The van der Waals surface area contributed by atoms with Crippen molar-refractivity contribution in [2.45, 2.75) is 45.4 Å². The van der Waals surface area contributed by atoms with Crippen LogP contribution in [-0.4, -0.2) is 25.7 Å². The second-order valence-electron chi connectivity index (χ2n) is 3.54. The van der Waals surface area contributed by atoms with Gasteiger partial charge in [-0.15, -0.1) is 0 Å². The van der Waals surface area contributed by atoms with Gasteiger partial charge in [-0.3, -0.25) is 4.79 Å². The van der Waals surface area contributed by atoms with Gasteiger partial charge >= 0.3 is 5.97 Å². The molecule has 4 nitrogen and oxygen atoms in total. The van der Waals surface area contributed by atoms with Crippen LogP contribution in [0.2, 0.25) is 0 Å². The van der Waals surface area contributed by atoms with Crippen molar-refractivity contribution in [3.8, 4) is 0 Å². The summed E-state index contributed by atoms with van der Waals surface area (Å²) in [5.74, 6) is 0.0120. The number of ketones is 1. The molecular formula is C11H20O4. The Hall–Kier alpha value is -0.900. The molecule has 0 aliphatic rings. The normalized spacial score (nSPS) is 10.0. The maximum absolute atomic E-state index is 11.0. The highest BCUT2D eigenvalue weighted by atomic mass is 16.7. The van der Waals surface area contributed by atoms with Gasteiger partial charge in [-0.2, -0.15) is 0 Å². The fourth-order valence-electron chi connectivity index (χ4n) is 1.19. The molecule has 0 aliphatic carbocycles. The zero-order chi connectivity index (χ0) is 11.5. The van der Waals surface area contributed by atoms with Gasteiger partial charge in [0.1, 0.15) is 5.78 Å². The van der Waals surface area contributed by atoms with Crippen LogP contribution in [0.1, 0.15) is 45.4 Å². The first-order valence-corrected chi connectivity index (χ1v) is 5.31. The monoisotopic (exact) mass is 216 g/mol. The van der Waals surface area contributed by atoms with E-state index >= 15 is 0 Å². The Kier molecular flexibility index (Phi) is 9.07. The van der Waals surface area contributed by atoms with Crippen molar-refractivity contribution in [1.82, 2.24) is 0 Å². The quantitative estimate of drug-likeness (QED) is 0.336. The Morgan fingerprint density at radius 2 is 1.60 bits per heavy atom. The zero-order valence-electron chi connectivity index (χ0n) is 9.58. The van der Waals surface area contributed by atoms with Gasteiger partial charge < -0.3 is 14.3 Å². The first-order chi connectivity index (χ1) is 7.16. The number of hydrogen-bond acceptors (Lipinski definition) is 4. The molecule has 0 fully saturated rings. The predicted octanol–water partition coefficient (Wildman–Crippen LogP) is 2.06. The summed E-state index contributed by atoms with van der Waals surface area (Å²) in [6.45, 7) is 1.63. The van der Waals surface area contributed by atoms with Gasteiger partial charge in [0.25, 0.3) is 0 Å². The third-order valence-corrected chi connectivity index (χ3v) is 2.00. The highest BCUT2D eigenvalue weighted by molar-refractivity contribution is 5.75. The summed E-state index contributed by atoms with van der Waals surface area (Å²) in [4.78, 5) is 21.6. The summed E-state index contributed by atoms with van der Waals surface area (Å²) in [5, 5.41) is 0. The molecule has 88 valence electrons. The molecule has 0 radical (unpaired) electrons. The van der Waals surface area contributed by atoms with Gasteiger partial charge in [0.15, 0.2) is 6.79 Å². The number of Topliss-reactive ketones (excluding diaryl/α,β-unsaturated/α-hetero) is 1. The van der Waals surface area contributed by atoms with Crippen molar-refractivity contribution in [2.75, 3.05) is 13.9 Å². The standard InChI is InChI=1S/C11H20O4/c1-10(12)7-5-3-4-6-8-11(13)15-9-14-2/h3-9H2,1-2H3. The van der Waals surface area contributed by atoms with Crippen LogP contribution in [0.5, 0.6) is 0 Å². The molecule has 15 heavy (non-hydrogen) atoms. The number of methoxy groups -OCH3 is 1. The van der Waals surface area contributed by atoms with Crippen molar-refractivity contribution in [2.24, 2.45) is 0 Å². The van der Waals surface area contributed by atoms with E-state index in [0.29, 0.717) is 12.8 Å². The van der Waals surface area contributed by atoms with E-state index in [4.69, 9.17) is 4.74 Å². The number of ether oxygens (including phenoxy) is 2. The Balaban J connectivity index is 3.16. The van der Waals surface area contributed by atoms with E-state index in [9.17, 15) is 9.59 Å². The highest BCUT2D eigenvalue weighted by Crippen LogP contribution is 2.06.